The summed E-state index contributed by atoms with van der Waals surface area (Å²) < 4.78 is 0. The van der Waals surface area contributed by atoms with Crippen LogP contribution in [0.15, 0.2) is 36.4 Å². The van der Waals surface area contributed by atoms with Crippen molar-refractivity contribution in [3.63, 3.8) is 0 Å². The van der Waals surface area contributed by atoms with Crippen LogP contribution >= 0.6 is 0 Å². The van der Waals surface area contributed by atoms with Crippen LogP contribution in [0.1, 0.15) is 44.3 Å². The van der Waals surface area contributed by atoms with E-state index in [0.717, 1.165) is 0 Å². The van der Waals surface area contributed by atoms with Crippen LogP contribution in [-0.2, 0) is 0 Å². The van der Waals surface area contributed by atoms with E-state index in [1.165, 1.54) is 12.1 Å². The summed E-state index contributed by atoms with van der Waals surface area (Å²) >= 11 is 0. The van der Waals surface area contributed by atoms with Crippen LogP contribution in [-0.4, -0.2) is 21.8 Å². The SMILES string of the molecule is C/C=C/c1c(O)cc2c(c1O)C(=O)c1ccccc1C2=O. The lowest BCUT2D eigenvalue weighted by molar-refractivity contribution is 0.0976. The molecule has 3 rings (SSSR count). The number of aromatic hydroxyl groups is 2. The van der Waals surface area contributed by atoms with E-state index in [1.54, 1.807) is 37.3 Å². The maximum Gasteiger partial charge on any atom is 0.198 e. The number of carbonyl (C=O) groups is 2. The Morgan fingerprint density at radius 1 is 0.952 bits per heavy atom. The van der Waals surface area contributed by atoms with Gasteiger partial charge in [-0.1, -0.05) is 36.4 Å². The van der Waals surface area contributed by atoms with Crippen molar-refractivity contribution in [1.82, 2.24) is 0 Å². The summed E-state index contributed by atoms with van der Waals surface area (Å²) in [5.74, 6) is -1.39. The predicted octanol–water partition coefficient (Wildman–Crippen LogP) is 2.91. The van der Waals surface area contributed by atoms with Crippen molar-refractivity contribution in [1.29, 1.82) is 0 Å². The molecule has 0 spiro atoms. The lowest BCUT2D eigenvalue weighted by Crippen LogP contribution is -2.21. The van der Waals surface area contributed by atoms with E-state index in [0.29, 0.717) is 0 Å². The van der Waals surface area contributed by atoms with Gasteiger partial charge in [-0.2, -0.15) is 0 Å². The van der Waals surface area contributed by atoms with Crippen LogP contribution in [0, 0.1) is 0 Å². The summed E-state index contributed by atoms with van der Waals surface area (Å²) in [5.41, 5.74) is 0.665. The molecule has 0 saturated carbocycles. The molecule has 0 heterocycles. The molecule has 21 heavy (non-hydrogen) atoms. The number of phenols is 2. The predicted molar refractivity (Wildman–Crippen MR) is 77.8 cm³/mol. The molecule has 0 saturated heterocycles. The Hall–Kier alpha value is -2.88. The lowest BCUT2D eigenvalue weighted by Gasteiger charge is -2.19. The zero-order chi connectivity index (χ0) is 15.1. The number of ketones is 2. The Kier molecular flexibility index (Phi) is 2.87. The molecule has 0 atom stereocenters. The van der Waals surface area contributed by atoms with Crippen LogP contribution in [0.4, 0.5) is 0 Å². The summed E-state index contributed by atoms with van der Waals surface area (Å²) in [6, 6.07) is 7.69. The van der Waals surface area contributed by atoms with E-state index in [1.807, 2.05) is 0 Å². The van der Waals surface area contributed by atoms with Gasteiger partial charge in [-0.15, -0.1) is 0 Å². The molecule has 0 aliphatic heterocycles. The van der Waals surface area contributed by atoms with Crippen molar-refractivity contribution < 1.29 is 19.8 Å². The van der Waals surface area contributed by atoms with Crippen LogP contribution in [0.2, 0.25) is 0 Å². The minimum atomic E-state index is -0.413. The van der Waals surface area contributed by atoms with Gasteiger partial charge in [0, 0.05) is 16.7 Å². The highest BCUT2D eigenvalue weighted by molar-refractivity contribution is 6.29. The zero-order valence-electron chi connectivity index (χ0n) is 11.3. The van der Waals surface area contributed by atoms with E-state index in [4.69, 9.17) is 0 Å². The second kappa shape index (κ2) is 4.59. The molecule has 1 aliphatic rings. The molecule has 4 heteroatoms. The van der Waals surface area contributed by atoms with Crippen molar-refractivity contribution in [3.05, 3.63) is 64.2 Å². The first kappa shape index (κ1) is 13.1. The minimum Gasteiger partial charge on any atom is -0.507 e. The van der Waals surface area contributed by atoms with Gasteiger partial charge in [0.05, 0.1) is 11.1 Å². The van der Waals surface area contributed by atoms with Gasteiger partial charge in [-0.25, -0.2) is 0 Å². The van der Waals surface area contributed by atoms with Crippen LogP contribution in [0.5, 0.6) is 11.5 Å². The highest BCUT2D eigenvalue weighted by Crippen LogP contribution is 2.39. The summed E-state index contributed by atoms with van der Waals surface area (Å²) in [6.07, 6.45) is 3.12. The third-order valence-corrected chi connectivity index (χ3v) is 3.54. The van der Waals surface area contributed by atoms with Crippen LogP contribution in [0.3, 0.4) is 0 Å². The highest BCUT2D eigenvalue weighted by atomic mass is 16.3. The van der Waals surface area contributed by atoms with Gasteiger partial charge in [-0.3, -0.25) is 9.59 Å². The fourth-order valence-electron chi connectivity index (χ4n) is 2.57. The molecule has 2 aromatic rings. The van der Waals surface area contributed by atoms with Crippen molar-refractivity contribution in [2.24, 2.45) is 0 Å². The molecule has 4 nitrogen and oxygen atoms in total. The van der Waals surface area contributed by atoms with E-state index in [-0.39, 0.29) is 45.1 Å². The lowest BCUT2D eigenvalue weighted by atomic mass is 9.82. The number of allylic oxidation sites excluding steroid dienone is 1. The van der Waals surface area contributed by atoms with E-state index >= 15 is 0 Å². The molecule has 0 radical (unpaired) electrons. The molecule has 104 valence electrons. The van der Waals surface area contributed by atoms with E-state index in [2.05, 4.69) is 0 Å². The van der Waals surface area contributed by atoms with Crippen LogP contribution < -0.4 is 0 Å². The quantitative estimate of drug-likeness (QED) is 0.718. The number of benzene rings is 2. The number of hydrogen-bond acceptors (Lipinski definition) is 4. The molecule has 0 amide bonds. The zero-order valence-corrected chi connectivity index (χ0v) is 11.3. The minimum absolute atomic E-state index is 0.0296. The molecule has 0 unspecified atom stereocenters. The fraction of sp³-hybridized carbons (Fsp3) is 0.0588. The Labute approximate surface area is 121 Å². The second-order valence-corrected chi connectivity index (χ2v) is 4.78. The number of fused-ring (bicyclic) bond motifs is 2. The molecule has 1 aliphatic carbocycles. The maximum absolute atomic E-state index is 12.5. The van der Waals surface area contributed by atoms with Crippen molar-refractivity contribution in [2.45, 2.75) is 6.92 Å². The largest absolute Gasteiger partial charge is 0.507 e. The van der Waals surface area contributed by atoms with Gasteiger partial charge >= 0.3 is 0 Å². The van der Waals surface area contributed by atoms with Crippen molar-refractivity contribution >= 4 is 17.6 Å². The van der Waals surface area contributed by atoms with Crippen molar-refractivity contribution in [3.8, 4) is 11.5 Å². The highest BCUT2D eigenvalue weighted by Gasteiger charge is 2.33. The molecule has 0 bridgehead atoms. The second-order valence-electron chi connectivity index (χ2n) is 4.78. The number of hydrogen-bond donors (Lipinski definition) is 2. The van der Waals surface area contributed by atoms with Gasteiger partial charge in [0.2, 0.25) is 0 Å². The third kappa shape index (κ3) is 1.76. The van der Waals surface area contributed by atoms with E-state index in [9.17, 15) is 19.8 Å². The number of carbonyl (C=O) groups excluding carboxylic acids is 2. The average Bonchev–Trinajstić information content (AvgIpc) is 2.48. The molecule has 2 aromatic carbocycles. The topological polar surface area (TPSA) is 74.6 Å². The molecular weight excluding hydrogens is 268 g/mol. The third-order valence-electron chi connectivity index (χ3n) is 3.54. The number of phenolic OH excluding ortho intramolecular Hbond substituents is 2. The van der Waals surface area contributed by atoms with E-state index < -0.39 is 5.78 Å². The molecule has 0 aromatic heterocycles. The Bertz CT molecular complexity index is 816. The summed E-state index contributed by atoms with van der Waals surface area (Å²) in [5, 5.41) is 20.2. The standard InChI is InChI=1S/C17H12O4/c1-2-5-11-13(18)8-12-14(17(11)21)16(20)10-7-4-3-6-9(10)15(12)19/h2-8,18,21H,1H3/b5-2+. The number of rotatable bonds is 1. The van der Waals surface area contributed by atoms with Gasteiger partial charge < -0.3 is 10.2 Å². The summed E-state index contributed by atoms with van der Waals surface area (Å²) in [4.78, 5) is 25.0. The van der Waals surface area contributed by atoms with Gasteiger partial charge in [-0.05, 0) is 13.0 Å². The first-order chi connectivity index (χ1) is 10.1. The molecule has 0 fully saturated rings. The molecule has 2 N–H and O–H groups in total. The average molecular weight is 280 g/mol. The Morgan fingerprint density at radius 2 is 1.57 bits per heavy atom. The van der Waals surface area contributed by atoms with Crippen molar-refractivity contribution in [2.75, 3.05) is 0 Å². The fourth-order valence-corrected chi connectivity index (χ4v) is 2.57. The monoisotopic (exact) mass is 280 g/mol. The van der Waals surface area contributed by atoms with Gasteiger partial charge in [0.15, 0.2) is 11.6 Å². The maximum atomic E-state index is 12.5. The normalized spacial score (nSPS) is 13.4. The van der Waals surface area contributed by atoms with Crippen LogP contribution in [0.25, 0.3) is 6.08 Å². The summed E-state index contributed by atoms with van der Waals surface area (Å²) in [6.45, 7) is 1.72. The first-order valence-electron chi connectivity index (χ1n) is 6.46. The van der Waals surface area contributed by atoms with Gasteiger partial charge in [0.1, 0.15) is 11.5 Å². The Morgan fingerprint density at radius 3 is 2.19 bits per heavy atom. The molecular formula is C17H12O4. The Balaban J connectivity index is 2.36. The van der Waals surface area contributed by atoms with Gasteiger partial charge in [0.25, 0.3) is 0 Å². The summed E-state index contributed by atoms with van der Waals surface area (Å²) in [7, 11) is 0. The first-order valence-corrected chi connectivity index (χ1v) is 6.46. The smallest absolute Gasteiger partial charge is 0.198 e.